The van der Waals surface area contributed by atoms with Crippen LogP contribution in [0.2, 0.25) is 0 Å². The first-order chi connectivity index (χ1) is 32.8. The number of ether oxygens (including phenoxy) is 4. The summed E-state index contributed by atoms with van der Waals surface area (Å²) in [5.41, 5.74) is 5.13. The van der Waals surface area contributed by atoms with E-state index in [-0.39, 0.29) is 46.2 Å². The van der Waals surface area contributed by atoms with Crippen LogP contribution in [0.15, 0.2) is 163 Å². The van der Waals surface area contributed by atoms with Crippen LogP contribution in [0.1, 0.15) is 97.1 Å². The van der Waals surface area contributed by atoms with Gasteiger partial charge in [0.2, 0.25) is 0 Å². The summed E-state index contributed by atoms with van der Waals surface area (Å²) in [6, 6.07) is 43.5. The maximum absolute atomic E-state index is 11.4. The van der Waals surface area contributed by atoms with Crippen LogP contribution in [0.3, 0.4) is 0 Å². The average molecular weight is 927 g/mol. The first-order valence-corrected chi connectivity index (χ1v) is 22.3. The molecule has 5 aromatic rings. The van der Waals surface area contributed by atoms with Crippen molar-refractivity contribution in [2.75, 3.05) is 21.3 Å². The Morgan fingerprint density at radius 3 is 1.06 bits per heavy atom. The predicted octanol–water partition coefficient (Wildman–Crippen LogP) is 12.9. The molecule has 0 saturated heterocycles. The molecule has 5 aromatic carbocycles. The lowest BCUT2D eigenvalue weighted by molar-refractivity contribution is -0.135. The molecule has 0 atom stereocenters. The fourth-order valence-electron chi connectivity index (χ4n) is 4.93. The van der Waals surface area contributed by atoms with Crippen molar-refractivity contribution in [1.82, 2.24) is 0 Å². The molecule has 0 aliphatic rings. The monoisotopic (exact) mass is 926 g/mol. The molecule has 0 spiro atoms. The lowest BCUT2D eigenvalue weighted by atomic mass is 10.0. The van der Waals surface area contributed by atoms with E-state index in [1.54, 1.807) is 31.4 Å². The Morgan fingerprint density at radius 1 is 0.397 bits per heavy atom. The van der Waals surface area contributed by atoms with Crippen LogP contribution >= 0.6 is 0 Å². The molecule has 0 aliphatic carbocycles. The lowest BCUT2D eigenvalue weighted by Gasteiger charge is -2.06. The van der Waals surface area contributed by atoms with E-state index in [9.17, 15) is 28.8 Å². The fourth-order valence-corrected chi connectivity index (χ4v) is 4.93. The zero-order valence-corrected chi connectivity index (χ0v) is 42.0. The van der Waals surface area contributed by atoms with E-state index in [0.29, 0.717) is 6.61 Å². The molecular formula is C58H70O10. The van der Waals surface area contributed by atoms with Crippen LogP contribution < -0.4 is 9.47 Å². The van der Waals surface area contributed by atoms with Gasteiger partial charge < -0.3 is 18.9 Å². The van der Waals surface area contributed by atoms with E-state index in [0.717, 1.165) is 39.3 Å². The summed E-state index contributed by atoms with van der Waals surface area (Å²) in [6.45, 7) is 18.1. The molecule has 0 amide bonds. The highest BCUT2D eigenvalue weighted by Crippen LogP contribution is 2.17. The van der Waals surface area contributed by atoms with Gasteiger partial charge in [0.15, 0.2) is 23.1 Å². The van der Waals surface area contributed by atoms with Gasteiger partial charge in [0.25, 0.3) is 0 Å². The number of hydrogen-bond acceptors (Lipinski definition) is 10. The highest BCUT2D eigenvalue weighted by molar-refractivity contribution is 6.22. The summed E-state index contributed by atoms with van der Waals surface area (Å²) >= 11 is 0. The Morgan fingerprint density at radius 2 is 0.706 bits per heavy atom. The summed E-state index contributed by atoms with van der Waals surface area (Å²) in [6.07, 6.45) is 9.39. The molecule has 0 aliphatic heterocycles. The summed E-state index contributed by atoms with van der Waals surface area (Å²) in [7, 11) is 4.32. The van der Waals surface area contributed by atoms with Crippen molar-refractivity contribution >= 4 is 59.4 Å². The third-order valence-corrected chi connectivity index (χ3v) is 8.21. The van der Waals surface area contributed by atoms with E-state index in [1.807, 2.05) is 181 Å². The van der Waals surface area contributed by atoms with Gasteiger partial charge in [-0.15, -0.1) is 0 Å². The van der Waals surface area contributed by atoms with Crippen molar-refractivity contribution in [3.8, 4) is 11.5 Å². The topological polar surface area (TPSA) is 139 Å². The molecule has 5 rings (SSSR count). The van der Waals surface area contributed by atoms with E-state index >= 15 is 0 Å². The number of methoxy groups -OCH3 is 3. The van der Waals surface area contributed by atoms with Crippen LogP contribution in [-0.4, -0.2) is 56.4 Å². The maximum atomic E-state index is 11.4. The normalized spacial score (nSPS) is 9.25. The van der Waals surface area contributed by atoms with Crippen LogP contribution in [-0.2, 0) is 44.8 Å². The second-order valence-corrected chi connectivity index (χ2v) is 13.0. The first kappa shape index (κ1) is 62.4. The molecule has 0 heterocycles. The highest BCUT2D eigenvalue weighted by atomic mass is 16.5. The Bertz CT molecular complexity index is 2270. The van der Waals surface area contributed by atoms with Gasteiger partial charge in [0.1, 0.15) is 18.1 Å². The molecule has 68 heavy (non-hydrogen) atoms. The van der Waals surface area contributed by atoms with Gasteiger partial charge >= 0.3 is 11.9 Å². The van der Waals surface area contributed by atoms with Crippen LogP contribution in [0.25, 0.3) is 24.3 Å². The molecule has 0 saturated carbocycles. The zero-order chi connectivity index (χ0) is 51.7. The van der Waals surface area contributed by atoms with Crippen molar-refractivity contribution in [1.29, 1.82) is 0 Å². The molecule has 362 valence electrons. The largest absolute Gasteiger partial charge is 0.497 e. The molecule has 0 N–H and O–H groups in total. The van der Waals surface area contributed by atoms with E-state index in [2.05, 4.69) is 9.47 Å². The van der Waals surface area contributed by atoms with Gasteiger partial charge in [0.05, 0.1) is 32.5 Å². The molecule has 0 bridgehead atoms. The Hall–Kier alpha value is -7.72. The Balaban J connectivity index is 0. The smallest absolute Gasteiger partial charge is 0.330 e. The van der Waals surface area contributed by atoms with E-state index in [1.165, 1.54) is 54.1 Å². The number of ketones is 4. The number of benzene rings is 5. The minimum atomic E-state index is -0.360. The molecule has 0 fully saturated rings. The van der Waals surface area contributed by atoms with Gasteiger partial charge in [-0.25, -0.2) is 9.59 Å². The van der Waals surface area contributed by atoms with Gasteiger partial charge in [-0.05, 0) is 104 Å². The van der Waals surface area contributed by atoms with Crippen molar-refractivity contribution in [2.45, 2.75) is 75.8 Å². The molecule has 0 aromatic heterocycles. The van der Waals surface area contributed by atoms with Crippen LogP contribution in [0.5, 0.6) is 11.5 Å². The van der Waals surface area contributed by atoms with Gasteiger partial charge in [-0.3, -0.25) is 19.2 Å². The van der Waals surface area contributed by atoms with E-state index in [4.69, 9.17) is 9.47 Å². The highest BCUT2D eigenvalue weighted by Gasteiger charge is 2.10. The first-order valence-electron chi connectivity index (χ1n) is 22.3. The maximum Gasteiger partial charge on any atom is 0.330 e. The lowest BCUT2D eigenvalue weighted by Crippen LogP contribution is -2.05. The minimum absolute atomic E-state index is 0.193. The Kier molecular flexibility index (Phi) is 36.3. The number of hydrogen-bond donors (Lipinski definition) is 0. The fraction of sp³-hybridized carbons (Fsp3) is 0.241. The predicted molar refractivity (Wildman–Crippen MR) is 278 cm³/mol. The van der Waals surface area contributed by atoms with Crippen LogP contribution in [0, 0.1) is 0 Å². The summed E-state index contributed by atoms with van der Waals surface area (Å²) < 4.78 is 19.6. The van der Waals surface area contributed by atoms with Gasteiger partial charge in [0, 0.05) is 12.2 Å². The summed E-state index contributed by atoms with van der Waals surface area (Å²) in [5.74, 6) is 0.00427. The summed E-state index contributed by atoms with van der Waals surface area (Å²) in [4.78, 5) is 66.5. The van der Waals surface area contributed by atoms with Crippen LogP contribution in [0.4, 0.5) is 0 Å². The number of esters is 2. The SMILES string of the molecule is CC.CC.CC.CC(=O)C(=Cc1ccc(OCc2ccccc2)cc1)C(C)=O.CC(=O)C(=Cc1ccccc1)C(C)=O.COC(=O)/C=C/c1ccc(OC)cc1.COC(=O)/C=C/c1ccccc1. The third-order valence-electron chi connectivity index (χ3n) is 8.21. The summed E-state index contributed by atoms with van der Waals surface area (Å²) in [5, 5.41) is 0. The third kappa shape index (κ3) is 28.9. The number of carbonyl (C=O) groups excluding carboxylic acids is 6. The molecule has 0 unspecified atom stereocenters. The zero-order valence-electron chi connectivity index (χ0n) is 42.0. The molecule has 10 nitrogen and oxygen atoms in total. The second-order valence-electron chi connectivity index (χ2n) is 13.0. The van der Waals surface area contributed by atoms with Crippen molar-refractivity contribution < 1.29 is 47.7 Å². The number of allylic oxidation sites excluding steroid dienone is 2. The van der Waals surface area contributed by atoms with Gasteiger partial charge in [-0.2, -0.15) is 0 Å². The quantitative estimate of drug-likeness (QED) is 0.0457. The number of rotatable bonds is 14. The number of carbonyl (C=O) groups is 6. The molecule has 0 radical (unpaired) electrons. The van der Waals surface area contributed by atoms with Crippen molar-refractivity contribution in [2.24, 2.45) is 0 Å². The van der Waals surface area contributed by atoms with Crippen molar-refractivity contribution in [3.63, 3.8) is 0 Å². The van der Waals surface area contributed by atoms with Crippen molar-refractivity contribution in [3.05, 3.63) is 191 Å². The molecule has 10 heteroatoms. The second kappa shape index (κ2) is 39.6. The minimum Gasteiger partial charge on any atom is -0.497 e. The Labute approximate surface area is 405 Å². The number of Topliss-reactive ketones (excluding diaryl/α,β-unsaturated/α-hetero) is 4. The van der Waals surface area contributed by atoms with Gasteiger partial charge in [-0.1, -0.05) is 157 Å². The standard InChI is InChI=1S/C19H18O3.C12H12O2.C11H12O3.C10H10O2.3C2H6/c1-14(20)19(15(2)21)12-16-8-10-18(11-9-16)22-13-17-6-4-3-5-7-17;1-9(13)12(10(2)14)8-11-6-4-3-5-7-11;1-13-10-6-3-9(4-7-10)5-8-11(12)14-2;1-12-10(11)8-7-9-5-3-2-4-6-9;3*1-2/h3-12H,13H2,1-2H3;2*3-8H,1-2H3;2-8H,1H3;3*1-2H3/b;;8-5+;8-7+;;;. The molecular weight excluding hydrogens is 857 g/mol. The van der Waals surface area contributed by atoms with E-state index < -0.39 is 0 Å². The average Bonchev–Trinajstić information content (AvgIpc) is 3.38.